The molecule has 4 rings (SSSR count). The monoisotopic (exact) mass is 442 g/mol. The van der Waals surface area contributed by atoms with E-state index in [2.05, 4.69) is 4.90 Å². The third kappa shape index (κ3) is 3.49. The highest BCUT2D eigenvalue weighted by Crippen LogP contribution is 2.48. The van der Waals surface area contributed by atoms with Crippen molar-refractivity contribution in [1.29, 1.82) is 0 Å². The normalized spacial score (nSPS) is 15.5. The Hall–Kier alpha value is -3.43. The maximum Gasteiger partial charge on any atom is 0.286 e. The molecule has 0 aliphatic carbocycles. The molecule has 0 aromatic heterocycles. The van der Waals surface area contributed by atoms with Crippen LogP contribution in [0.2, 0.25) is 0 Å². The van der Waals surface area contributed by atoms with Crippen molar-refractivity contribution in [1.82, 2.24) is 9.96 Å². The molecule has 0 unspecified atom stereocenters. The van der Waals surface area contributed by atoms with Gasteiger partial charge < -0.3 is 28.6 Å². The number of hydrogen-bond acceptors (Lipinski definition) is 8. The molecule has 0 saturated heterocycles. The Labute approximate surface area is 186 Å². The number of likely N-dealkylation sites (N-methyl/N-ethyl adjacent to an activating group) is 1. The highest BCUT2D eigenvalue weighted by atomic mass is 16.7. The summed E-state index contributed by atoms with van der Waals surface area (Å²) in [4.78, 5) is 15.0. The van der Waals surface area contributed by atoms with Crippen LogP contribution in [0.5, 0.6) is 28.7 Å². The summed E-state index contributed by atoms with van der Waals surface area (Å²) in [6.45, 7) is 0.881. The van der Waals surface area contributed by atoms with Crippen LogP contribution in [-0.4, -0.2) is 69.8 Å². The lowest BCUT2D eigenvalue weighted by atomic mass is 9.98. The Morgan fingerprint density at radius 3 is 2.53 bits per heavy atom. The SMILES string of the molecule is COc1ccc2c(c1OC)C(=O)N(O)C2=Cc1c(CCN(C)C)cc2c(c1OC)OCO2. The smallest absolute Gasteiger partial charge is 0.286 e. The zero-order valence-corrected chi connectivity index (χ0v) is 18.7. The van der Waals surface area contributed by atoms with Crippen LogP contribution in [0, 0.1) is 0 Å². The molecule has 0 spiro atoms. The Balaban J connectivity index is 1.92. The van der Waals surface area contributed by atoms with E-state index in [1.54, 1.807) is 25.3 Å². The number of hydroxylamine groups is 2. The first-order valence-electron chi connectivity index (χ1n) is 10.1. The first-order valence-corrected chi connectivity index (χ1v) is 10.1. The summed E-state index contributed by atoms with van der Waals surface area (Å²) in [5.41, 5.74) is 2.68. The lowest BCUT2D eigenvalue weighted by molar-refractivity contribution is -0.00692. The fraction of sp³-hybridized carbons (Fsp3) is 0.348. The van der Waals surface area contributed by atoms with Gasteiger partial charge in [-0.2, -0.15) is 5.06 Å². The van der Waals surface area contributed by atoms with E-state index in [-0.39, 0.29) is 18.1 Å². The van der Waals surface area contributed by atoms with E-state index in [9.17, 15) is 10.0 Å². The summed E-state index contributed by atoms with van der Waals surface area (Å²) in [6, 6.07) is 5.33. The molecular weight excluding hydrogens is 416 g/mol. The Morgan fingerprint density at radius 2 is 1.88 bits per heavy atom. The van der Waals surface area contributed by atoms with Gasteiger partial charge in [0.2, 0.25) is 12.5 Å². The second-order valence-electron chi connectivity index (χ2n) is 7.64. The van der Waals surface area contributed by atoms with Gasteiger partial charge in [0.05, 0.1) is 32.6 Å². The number of ether oxygens (including phenoxy) is 5. The van der Waals surface area contributed by atoms with Crippen LogP contribution < -0.4 is 23.7 Å². The molecule has 2 aliphatic heterocycles. The maximum absolute atomic E-state index is 12.9. The van der Waals surface area contributed by atoms with Crippen LogP contribution >= 0.6 is 0 Å². The second-order valence-corrected chi connectivity index (χ2v) is 7.64. The summed E-state index contributed by atoms with van der Waals surface area (Å²) in [7, 11) is 8.47. The molecular formula is C23H26N2O7. The molecule has 2 aromatic carbocycles. The van der Waals surface area contributed by atoms with Crippen molar-refractivity contribution in [3.8, 4) is 28.7 Å². The fourth-order valence-corrected chi connectivity index (χ4v) is 3.95. The highest BCUT2D eigenvalue weighted by Gasteiger charge is 2.37. The third-order valence-corrected chi connectivity index (χ3v) is 5.51. The summed E-state index contributed by atoms with van der Waals surface area (Å²) in [6.07, 6.45) is 2.42. The molecule has 2 aliphatic rings. The number of methoxy groups -OCH3 is 3. The first-order chi connectivity index (χ1) is 15.4. The maximum atomic E-state index is 12.9. The number of carbonyl (C=O) groups excluding carboxylic acids is 1. The van der Waals surface area contributed by atoms with Crippen LogP contribution in [0.25, 0.3) is 11.8 Å². The number of fused-ring (bicyclic) bond motifs is 2. The van der Waals surface area contributed by atoms with Gasteiger partial charge in [-0.25, -0.2) is 0 Å². The molecule has 9 heteroatoms. The van der Waals surface area contributed by atoms with Crippen LogP contribution in [-0.2, 0) is 6.42 Å². The molecule has 1 amide bonds. The molecule has 32 heavy (non-hydrogen) atoms. The van der Waals surface area contributed by atoms with Gasteiger partial charge in [0.1, 0.15) is 0 Å². The van der Waals surface area contributed by atoms with Gasteiger partial charge >= 0.3 is 0 Å². The molecule has 170 valence electrons. The van der Waals surface area contributed by atoms with Crippen LogP contribution in [0.3, 0.4) is 0 Å². The number of rotatable bonds is 7. The van der Waals surface area contributed by atoms with Crippen LogP contribution in [0.15, 0.2) is 18.2 Å². The van der Waals surface area contributed by atoms with E-state index in [0.717, 1.165) is 12.1 Å². The van der Waals surface area contributed by atoms with Gasteiger partial charge in [0.15, 0.2) is 23.0 Å². The average molecular weight is 442 g/mol. The summed E-state index contributed by atoms with van der Waals surface area (Å²) < 4.78 is 27.6. The Bertz CT molecular complexity index is 1090. The van der Waals surface area contributed by atoms with E-state index in [1.165, 1.54) is 14.2 Å². The van der Waals surface area contributed by atoms with Crippen LogP contribution in [0.4, 0.5) is 0 Å². The number of benzene rings is 2. The van der Waals surface area contributed by atoms with E-state index < -0.39 is 5.91 Å². The number of hydrogen-bond donors (Lipinski definition) is 1. The molecule has 0 fully saturated rings. The second kappa shape index (κ2) is 8.60. The molecule has 0 bridgehead atoms. The number of nitrogens with zero attached hydrogens (tertiary/aromatic N) is 2. The minimum absolute atomic E-state index is 0.100. The quantitative estimate of drug-likeness (QED) is 0.655. The summed E-state index contributed by atoms with van der Waals surface area (Å²) in [5, 5.41) is 11.3. The van der Waals surface area contributed by atoms with Crippen molar-refractivity contribution < 1.29 is 33.7 Å². The zero-order chi connectivity index (χ0) is 23.0. The van der Waals surface area contributed by atoms with Crippen molar-refractivity contribution in [3.63, 3.8) is 0 Å². The van der Waals surface area contributed by atoms with Crippen molar-refractivity contribution in [2.24, 2.45) is 0 Å². The van der Waals surface area contributed by atoms with Gasteiger partial charge in [-0.1, -0.05) is 0 Å². The van der Waals surface area contributed by atoms with Gasteiger partial charge in [0, 0.05) is 17.7 Å². The van der Waals surface area contributed by atoms with E-state index >= 15 is 0 Å². The van der Waals surface area contributed by atoms with E-state index in [4.69, 9.17) is 23.7 Å². The van der Waals surface area contributed by atoms with Crippen molar-refractivity contribution in [2.45, 2.75) is 6.42 Å². The summed E-state index contributed by atoms with van der Waals surface area (Å²) in [5.74, 6) is 1.65. The fourth-order valence-electron chi connectivity index (χ4n) is 3.95. The molecule has 0 saturated carbocycles. The molecule has 2 aromatic rings. The predicted octanol–water partition coefficient (Wildman–Crippen LogP) is 2.89. The molecule has 9 nitrogen and oxygen atoms in total. The average Bonchev–Trinajstić information content (AvgIpc) is 3.35. The zero-order valence-electron chi connectivity index (χ0n) is 18.7. The topological polar surface area (TPSA) is 89.9 Å². The molecule has 0 radical (unpaired) electrons. The van der Waals surface area contributed by atoms with Crippen molar-refractivity contribution in [2.75, 3.05) is 48.8 Å². The summed E-state index contributed by atoms with van der Waals surface area (Å²) >= 11 is 0. The standard InChI is InChI=1S/C23H26N2O7/c1-24(2)9-8-13-10-18-22(32-12-31-18)20(29-4)15(13)11-16-14-6-7-17(28-3)21(30-5)19(14)23(26)25(16)27/h6-7,10-11,27H,8-9,12H2,1-5H3. The number of amides is 1. The third-order valence-electron chi connectivity index (χ3n) is 5.51. The predicted molar refractivity (Wildman–Crippen MR) is 117 cm³/mol. The van der Waals surface area contributed by atoms with Crippen molar-refractivity contribution >= 4 is 17.7 Å². The van der Waals surface area contributed by atoms with Crippen molar-refractivity contribution in [3.05, 3.63) is 40.5 Å². The molecule has 1 N–H and O–H groups in total. The van der Waals surface area contributed by atoms with Gasteiger partial charge in [-0.05, 0) is 50.4 Å². The lowest BCUT2D eigenvalue weighted by Gasteiger charge is -2.17. The van der Waals surface area contributed by atoms with E-state index in [1.807, 2.05) is 20.2 Å². The largest absolute Gasteiger partial charge is 0.493 e. The van der Waals surface area contributed by atoms with Gasteiger partial charge in [-0.15, -0.1) is 0 Å². The van der Waals surface area contributed by atoms with Gasteiger partial charge in [0.25, 0.3) is 5.91 Å². The highest BCUT2D eigenvalue weighted by molar-refractivity contribution is 6.13. The number of carbonyl (C=O) groups is 1. The first kappa shape index (κ1) is 21.8. The van der Waals surface area contributed by atoms with E-state index in [0.29, 0.717) is 51.3 Å². The van der Waals surface area contributed by atoms with Gasteiger partial charge in [-0.3, -0.25) is 10.0 Å². The Kier molecular flexibility index (Phi) is 5.86. The molecule has 2 heterocycles. The molecule has 0 atom stereocenters. The van der Waals surface area contributed by atoms with Crippen LogP contribution in [0.1, 0.15) is 27.0 Å². The minimum Gasteiger partial charge on any atom is -0.493 e. The Morgan fingerprint density at radius 1 is 1.12 bits per heavy atom. The minimum atomic E-state index is -0.600. The lowest BCUT2D eigenvalue weighted by Crippen LogP contribution is -2.19.